The van der Waals surface area contributed by atoms with Crippen molar-refractivity contribution in [2.24, 2.45) is 0 Å². The molecule has 0 radical (unpaired) electrons. The van der Waals surface area contributed by atoms with E-state index in [4.69, 9.17) is 9.47 Å². The maximum absolute atomic E-state index is 12.4. The van der Waals surface area contributed by atoms with Gasteiger partial charge in [-0.2, -0.15) is 5.26 Å². The lowest BCUT2D eigenvalue weighted by molar-refractivity contribution is -0.135. The Kier molecular flexibility index (Phi) is 4.95. The second kappa shape index (κ2) is 6.59. The molecule has 2 bridgehead atoms. The molecule has 2 rings (SSSR count). The summed E-state index contributed by atoms with van der Waals surface area (Å²) in [6, 6.07) is 1.45. The van der Waals surface area contributed by atoms with Crippen molar-refractivity contribution in [2.45, 2.75) is 51.3 Å². The van der Waals surface area contributed by atoms with Crippen LogP contribution in [0, 0.1) is 11.3 Å². The lowest BCUT2D eigenvalue weighted by atomic mass is 9.87. The highest BCUT2D eigenvalue weighted by molar-refractivity contribution is 5.93. The van der Waals surface area contributed by atoms with E-state index in [2.05, 4.69) is 4.74 Å². The highest BCUT2D eigenvalue weighted by atomic mass is 16.6. The van der Waals surface area contributed by atoms with Gasteiger partial charge in [0.05, 0.1) is 32.4 Å². The van der Waals surface area contributed by atoms with Gasteiger partial charge in [-0.25, -0.2) is 9.59 Å². The largest absolute Gasteiger partial charge is 0.465 e. The van der Waals surface area contributed by atoms with Crippen molar-refractivity contribution >= 4 is 12.1 Å². The zero-order chi connectivity index (χ0) is 17.2. The first-order valence-electron chi connectivity index (χ1n) is 7.56. The Balaban J connectivity index is 2.24. The van der Waals surface area contributed by atoms with Crippen LogP contribution in [0.15, 0.2) is 11.1 Å². The van der Waals surface area contributed by atoms with Crippen molar-refractivity contribution < 1.29 is 23.8 Å². The molecule has 0 spiro atoms. The van der Waals surface area contributed by atoms with Gasteiger partial charge < -0.3 is 14.2 Å². The van der Waals surface area contributed by atoms with Crippen LogP contribution in [0.25, 0.3) is 0 Å². The number of ether oxygens (including phenoxy) is 3. The number of hydrogen-bond acceptors (Lipinski definition) is 6. The molecule has 2 heterocycles. The standard InChI is InChI=1S/C16H22N2O5/c1-16(2,3)23-15(20)18-11-5-10(6-12(18)9-22-8-11)13(7-17)14(19)21-4/h11-12H,5-6,8-9H2,1-4H3. The Bertz CT molecular complexity index is 554. The summed E-state index contributed by atoms with van der Waals surface area (Å²) in [7, 11) is 1.25. The lowest BCUT2D eigenvalue weighted by Gasteiger charge is -2.46. The molecule has 23 heavy (non-hydrogen) atoms. The van der Waals surface area contributed by atoms with Crippen molar-refractivity contribution in [3.63, 3.8) is 0 Å². The van der Waals surface area contributed by atoms with Crippen LogP contribution in [0.4, 0.5) is 4.79 Å². The van der Waals surface area contributed by atoms with Gasteiger partial charge >= 0.3 is 12.1 Å². The zero-order valence-electron chi connectivity index (χ0n) is 13.9. The molecule has 2 aliphatic rings. The quantitative estimate of drug-likeness (QED) is 0.415. The van der Waals surface area contributed by atoms with Gasteiger partial charge in [0.25, 0.3) is 0 Å². The summed E-state index contributed by atoms with van der Waals surface area (Å²) in [5.74, 6) is -0.632. The molecule has 2 atom stereocenters. The topological polar surface area (TPSA) is 88.9 Å². The zero-order valence-corrected chi connectivity index (χ0v) is 13.9. The first-order chi connectivity index (χ1) is 10.8. The fourth-order valence-electron chi connectivity index (χ4n) is 2.95. The Hall–Kier alpha value is -2.07. The molecule has 2 fully saturated rings. The van der Waals surface area contributed by atoms with E-state index in [1.807, 2.05) is 26.8 Å². The van der Waals surface area contributed by atoms with E-state index in [0.717, 1.165) is 5.57 Å². The third-order valence-corrected chi connectivity index (χ3v) is 3.83. The molecule has 0 aromatic heterocycles. The minimum atomic E-state index is -0.632. The van der Waals surface area contributed by atoms with Crippen molar-refractivity contribution in [1.29, 1.82) is 5.26 Å². The molecule has 126 valence electrons. The van der Waals surface area contributed by atoms with Crippen LogP contribution in [-0.4, -0.2) is 55.0 Å². The average molecular weight is 322 g/mol. The number of esters is 1. The van der Waals surface area contributed by atoms with Gasteiger partial charge in [0, 0.05) is 0 Å². The van der Waals surface area contributed by atoms with Crippen molar-refractivity contribution in [2.75, 3.05) is 20.3 Å². The number of hydrogen-bond donors (Lipinski definition) is 0. The predicted molar refractivity (Wildman–Crippen MR) is 80.4 cm³/mol. The maximum atomic E-state index is 12.4. The molecule has 0 N–H and O–H groups in total. The van der Waals surface area contributed by atoms with E-state index >= 15 is 0 Å². The number of carbonyl (C=O) groups is 2. The summed E-state index contributed by atoms with van der Waals surface area (Å²) in [6.45, 7) is 6.17. The van der Waals surface area contributed by atoms with E-state index in [-0.39, 0.29) is 23.8 Å². The molecular weight excluding hydrogens is 300 g/mol. The van der Waals surface area contributed by atoms with Crippen LogP contribution in [-0.2, 0) is 19.0 Å². The van der Waals surface area contributed by atoms with Crippen LogP contribution in [0.2, 0.25) is 0 Å². The Labute approximate surface area is 135 Å². The van der Waals surface area contributed by atoms with Gasteiger partial charge in [0.1, 0.15) is 17.2 Å². The summed E-state index contributed by atoms with van der Waals surface area (Å²) in [5, 5.41) is 9.23. The summed E-state index contributed by atoms with van der Waals surface area (Å²) < 4.78 is 15.7. The van der Waals surface area contributed by atoms with Gasteiger partial charge in [0.15, 0.2) is 0 Å². The van der Waals surface area contributed by atoms with Gasteiger partial charge in [0.2, 0.25) is 0 Å². The van der Waals surface area contributed by atoms with E-state index in [1.165, 1.54) is 7.11 Å². The fraction of sp³-hybridized carbons (Fsp3) is 0.688. The van der Waals surface area contributed by atoms with Gasteiger partial charge in [-0.3, -0.25) is 4.90 Å². The number of rotatable bonds is 1. The molecule has 0 aromatic rings. The van der Waals surface area contributed by atoms with Gasteiger partial charge in [-0.05, 0) is 39.2 Å². The normalized spacial score (nSPS) is 23.8. The number of methoxy groups -OCH3 is 1. The molecular formula is C16H22N2O5. The van der Waals surface area contributed by atoms with Gasteiger partial charge in [-0.1, -0.05) is 0 Å². The molecule has 2 aliphatic heterocycles. The third kappa shape index (κ3) is 3.82. The molecule has 0 aliphatic carbocycles. The second-order valence-electron chi connectivity index (χ2n) is 6.72. The molecule has 7 heteroatoms. The fourth-order valence-corrected chi connectivity index (χ4v) is 2.95. The molecule has 7 nitrogen and oxygen atoms in total. The lowest BCUT2D eigenvalue weighted by Crippen LogP contribution is -2.58. The Morgan fingerprint density at radius 1 is 1.26 bits per heavy atom. The highest BCUT2D eigenvalue weighted by Crippen LogP contribution is 2.34. The van der Waals surface area contributed by atoms with E-state index in [1.54, 1.807) is 4.90 Å². The third-order valence-electron chi connectivity index (χ3n) is 3.83. The van der Waals surface area contributed by atoms with Crippen molar-refractivity contribution in [3.05, 3.63) is 11.1 Å². The summed E-state index contributed by atoms with van der Waals surface area (Å²) in [4.78, 5) is 25.8. The molecule has 2 unspecified atom stereocenters. The number of carbonyl (C=O) groups excluding carboxylic acids is 2. The summed E-state index contributed by atoms with van der Waals surface area (Å²) in [5.41, 5.74) is 0.178. The second-order valence-corrected chi connectivity index (χ2v) is 6.72. The smallest absolute Gasteiger partial charge is 0.410 e. The van der Waals surface area contributed by atoms with Gasteiger partial charge in [-0.15, -0.1) is 0 Å². The van der Waals surface area contributed by atoms with E-state index in [9.17, 15) is 14.9 Å². The molecule has 1 amide bonds. The van der Waals surface area contributed by atoms with E-state index in [0.29, 0.717) is 26.1 Å². The average Bonchev–Trinajstić information content (AvgIpc) is 2.44. The summed E-state index contributed by atoms with van der Waals surface area (Å²) >= 11 is 0. The molecule has 0 saturated carbocycles. The van der Waals surface area contributed by atoms with Crippen LogP contribution in [0.5, 0.6) is 0 Å². The molecule has 2 saturated heterocycles. The number of nitriles is 1. The van der Waals surface area contributed by atoms with Crippen molar-refractivity contribution in [1.82, 2.24) is 4.90 Å². The van der Waals surface area contributed by atoms with Crippen LogP contribution in [0.3, 0.4) is 0 Å². The van der Waals surface area contributed by atoms with Crippen molar-refractivity contribution in [3.8, 4) is 6.07 Å². The SMILES string of the molecule is COC(=O)C(C#N)=C1CC2COCC(C1)N2C(=O)OC(C)(C)C. The number of morpholine rings is 1. The highest BCUT2D eigenvalue weighted by Gasteiger charge is 2.42. The number of fused-ring (bicyclic) bond motifs is 2. The number of amides is 1. The Morgan fingerprint density at radius 3 is 2.26 bits per heavy atom. The first kappa shape index (κ1) is 17.3. The minimum Gasteiger partial charge on any atom is -0.465 e. The monoisotopic (exact) mass is 322 g/mol. The minimum absolute atomic E-state index is 0.0354. The van der Waals surface area contributed by atoms with Crippen LogP contribution in [0.1, 0.15) is 33.6 Å². The maximum Gasteiger partial charge on any atom is 0.410 e. The molecule has 0 aromatic carbocycles. The van der Waals surface area contributed by atoms with Crippen LogP contribution < -0.4 is 0 Å². The van der Waals surface area contributed by atoms with E-state index < -0.39 is 11.6 Å². The number of piperidine rings is 1. The first-order valence-corrected chi connectivity index (χ1v) is 7.56. The Morgan fingerprint density at radius 2 is 1.83 bits per heavy atom. The predicted octanol–water partition coefficient (Wildman–Crippen LogP) is 1.78. The number of nitrogens with zero attached hydrogens (tertiary/aromatic N) is 2. The summed E-state index contributed by atoms with van der Waals surface area (Å²) in [6.07, 6.45) is 0.438. The van der Waals surface area contributed by atoms with Crippen LogP contribution >= 0.6 is 0 Å².